The van der Waals surface area contributed by atoms with Crippen LogP contribution in [0.5, 0.6) is 0 Å². The Balaban J connectivity index is 2.38. The van der Waals surface area contributed by atoms with E-state index < -0.39 is 37.8 Å². The number of hydrogen-bond donors (Lipinski definition) is 3. The molecule has 0 radical (unpaired) electrons. The number of nitrogens with one attached hydrogen (secondary N) is 1. The molecule has 0 aromatic heterocycles. The molecule has 1 saturated carbocycles. The van der Waals surface area contributed by atoms with E-state index in [-0.39, 0.29) is 6.61 Å². The monoisotopic (exact) mass is 306 g/mol. The van der Waals surface area contributed by atoms with Crippen LogP contribution in [0.15, 0.2) is 17.0 Å². The van der Waals surface area contributed by atoms with Gasteiger partial charge in [-0.2, -0.15) is 0 Å². The smallest absolute Gasteiger partial charge is 0.244 e. The van der Waals surface area contributed by atoms with Crippen LogP contribution >= 0.6 is 0 Å². The summed E-state index contributed by atoms with van der Waals surface area (Å²) in [5.41, 5.74) is 3.85. The van der Waals surface area contributed by atoms with Gasteiger partial charge in [-0.25, -0.2) is 21.9 Å². The Bertz CT molecular complexity index is 613. The molecule has 0 spiro atoms. The zero-order chi connectivity index (χ0) is 15.0. The summed E-state index contributed by atoms with van der Waals surface area (Å²) < 4.78 is 53.4. The second kappa shape index (κ2) is 5.27. The summed E-state index contributed by atoms with van der Waals surface area (Å²) in [6.07, 6.45) is 2.50. The summed E-state index contributed by atoms with van der Waals surface area (Å²) in [4.78, 5) is -0.712. The van der Waals surface area contributed by atoms with Crippen LogP contribution in [-0.2, 0) is 10.0 Å². The fraction of sp³-hybridized carbons (Fsp3) is 0.500. The number of nitrogens with two attached hydrogens (primary N) is 1. The summed E-state index contributed by atoms with van der Waals surface area (Å²) >= 11 is 0. The van der Waals surface area contributed by atoms with Crippen molar-refractivity contribution in [2.24, 2.45) is 0 Å². The lowest BCUT2D eigenvalue weighted by molar-refractivity contribution is 0.185. The van der Waals surface area contributed by atoms with Crippen LogP contribution in [0.3, 0.4) is 0 Å². The van der Waals surface area contributed by atoms with Gasteiger partial charge in [0.15, 0.2) is 0 Å². The van der Waals surface area contributed by atoms with Crippen LogP contribution < -0.4 is 10.5 Å². The van der Waals surface area contributed by atoms with E-state index >= 15 is 0 Å². The van der Waals surface area contributed by atoms with E-state index in [4.69, 9.17) is 5.73 Å². The molecular weight excluding hydrogens is 290 g/mol. The van der Waals surface area contributed by atoms with Crippen molar-refractivity contribution in [1.29, 1.82) is 0 Å². The summed E-state index contributed by atoms with van der Waals surface area (Å²) in [6.45, 7) is -0.371. The van der Waals surface area contributed by atoms with E-state index in [0.717, 1.165) is 18.9 Å². The van der Waals surface area contributed by atoms with Crippen LogP contribution in [-0.4, -0.2) is 25.7 Å². The highest BCUT2D eigenvalue weighted by Crippen LogP contribution is 2.31. The summed E-state index contributed by atoms with van der Waals surface area (Å²) in [7, 11) is -4.22. The number of halogens is 2. The molecular formula is C12H16F2N2O3S. The maximum Gasteiger partial charge on any atom is 0.244 e. The van der Waals surface area contributed by atoms with Gasteiger partial charge in [-0.15, -0.1) is 0 Å². The topological polar surface area (TPSA) is 92.4 Å². The molecule has 1 aliphatic carbocycles. The average Bonchev–Trinajstić information content (AvgIpc) is 2.82. The Morgan fingerprint density at radius 1 is 1.25 bits per heavy atom. The first-order valence-electron chi connectivity index (χ1n) is 6.19. The van der Waals surface area contributed by atoms with E-state index in [1.807, 2.05) is 0 Å². The number of rotatable bonds is 4. The molecule has 0 bridgehead atoms. The quantitative estimate of drug-likeness (QED) is 0.727. The second-order valence-corrected chi connectivity index (χ2v) is 6.71. The minimum Gasteiger partial charge on any atom is -0.396 e. The molecule has 5 nitrogen and oxygen atoms in total. The molecule has 112 valence electrons. The first-order chi connectivity index (χ1) is 9.30. The third-order valence-corrected chi connectivity index (χ3v) is 5.15. The Labute approximate surface area is 115 Å². The number of aliphatic hydroxyl groups is 1. The van der Waals surface area contributed by atoms with E-state index in [2.05, 4.69) is 4.72 Å². The molecule has 2 rings (SSSR count). The van der Waals surface area contributed by atoms with Crippen molar-refractivity contribution in [2.45, 2.75) is 36.1 Å². The molecule has 0 saturated heterocycles. The third kappa shape index (κ3) is 2.77. The van der Waals surface area contributed by atoms with Crippen molar-refractivity contribution in [3.63, 3.8) is 0 Å². The molecule has 4 N–H and O–H groups in total. The average molecular weight is 306 g/mol. The highest BCUT2D eigenvalue weighted by molar-refractivity contribution is 7.89. The van der Waals surface area contributed by atoms with Gasteiger partial charge in [-0.3, -0.25) is 0 Å². The highest BCUT2D eigenvalue weighted by atomic mass is 32.2. The molecule has 0 amide bonds. The van der Waals surface area contributed by atoms with Gasteiger partial charge in [0.2, 0.25) is 10.0 Å². The zero-order valence-electron chi connectivity index (χ0n) is 10.7. The van der Waals surface area contributed by atoms with Crippen LogP contribution in [0.1, 0.15) is 25.7 Å². The van der Waals surface area contributed by atoms with Gasteiger partial charge in [-0.05, 0) is 18.9 Å². The molecule has 0 aliphatic heterocycles. The largest absolute Gasteiger partial charge is 0.396 e. The van der Waals surface area contributed by atoms with Gasteiger partial charge in [0.1, 0.15) is 16.5 Å². The van der Waals surface area contributed by atoms with Crippen molar-refractivity contribution in [1.82, 2.24) is 4.72 Å². The maximum atomic E-state index is 13.7. The molecule has 8 heteroatoms. The normalized spacial score (nSPS) is 18.4. The van der Waals surface area contributed by atoms with Gasteiger partial charge in [0.05, 0.1) is 17.8 Å². The predicted molar refractivity (Wildman–Crippen MR) is 69.4 cm³/mol. The van der Waals surface area contributed by atoms with Crippen molar-refractivity contribution in [3.05, 3.63) is 23.8 Å². The molecule has 0 heterocycles. The van der Waals surface area contributed by atoms with Crippen molar-refractivity contribution in [3.8, 4) is 0 Å². The first-order valence-corrected chi connectivity index (χ1v) is 7.67. The summed E-state index contributed by atoms with van der Waals surface area (Å²) in [6, 6.07) is 1.18. The fourth-order valence-corrected chi connectivity index (χ4v) is 3.98. The van der Waals surface area contributed by atoms with Crippen LogP contribution in [0.4, 0.5) is 14.5 Å². The van der Waals surface area contributed by atoms with Gasteiger partial charge in [-0.1, -0.05) is 12.8 Å². The number of hydrogen-bond acceptors (Lipinski definition) is 4. The lowest BCUT2D eigenvalue weighted by atomic mass is 10.0. The minimum atomic E-state index is -4.22. The molecule has 1 fully saturated rings. The van der Waals surface area contributed by atoms with E-state index in [0.29, 0.717) is 18.9 Å². The SMILES string of the molecule is Nc1cc(S(=O)(=O)NC2(CO)CCCC2)c(F)cc1F. The Kier molecular flexibility index (Phi) is 3.99. The maximum absolute atomic E-state index is 13.7. The first kappa shape index (κ1) is 15.1. The van der Waals surface area contributed by atoms with Crippen LogP contribution in [0.25, 0.3) is 0 Å². The number of anilines is 1. The predicted octanol–water partition coefficient (Wildman–Crippen LogP) is 1.13. The van der Waals surface area contributed by atoms with Crippen molar-refractivity contribution < 1.29 is 22.3 Å². The zero-order valence-corrected chi connectivity index (χ0v) is 11.5. The number of sulfonamides is 1. The summed E-state index contributed by atoms with van der Waals surface area (Å²) in [5.74, 6) is -2.23. The van der Waals surface area contributed by atoms with Crippen molar-refractivity contribution >= 4 is 15.7 Å². The molecule has 0 unspecified atom stereocenters. The van der Waals surface area contributed by atoms with Gasteiger partial charge >= 0.3 is 0 Å². The van der Waals surface area contributed by atoms with Crippen LogP contribution in [0, 0.1) is 11.6 Å². The van der Waals surface area contributed by atoms with E-state index in [1.165, 1.54) is 0 Å². The standard InChI is InChI=1S/C12H16F2N2O3S/c13-8-5-9(14)11(6-10(8)15)20(18,19)16-12(7-17)3-1-2-4-12/h5-6,16-17H,1-4,7,15H2. The Morgan fingerprint density at radius 3 is 2.40 bits per heavy atom. The van der Waals surface area contributed by atoms with Gasteiger partial charge < -0.3 is 10.8 Å². The highest BCUT2D eigenvalue weighted by Gasteiger charge is 2.38. The Hall–Kier alpha value is -1.25. The molecule has 0 atom stereocenters. The van der Waals surface area contributed by atoms with Gasteiger partial charge in [0, 0.05) is 6.07 Å². The van der Waals surface area contributed by atoms with E-state index in [1.54, 1.807) is 0 Å². The fourth-order valence-electron chi connectivity index (χ4n) is 2.44. The minimum absolute atomic E-state index is 0.371. The second-order valence-electron chi connectivity index (χ2n) is 5.06. The summed E-state index contributed by atoms with van der Waals surface area (Å²) in [5, 5.41) is 9.39. The number of aliphatic hydroxyl groups excluding tert-OH is 1. The lowest BCUT2D eigenvalue weighted by Crippen LogP contribution is -2.49. The Morgan fingerprint density at radius 2 is 1.85 bits per heavy atom. The lowest BCUT2D eigenvalue weighted by Gasteiger charge is -2.27. The number of nitrogen functional groups attached to an aromatic ring is 1. The van der Waals surface area contributed by atoms with E-state index in [9.17, 15) is 22.3 Å². The molecule has 1 aliphatic rings. The third-order valence-electron chi connectivity index (χ3n) is 3.55. The van der Waals surface area contributed by atoms with Crippen molar-refractivity contribution in [2.75, 3.05) is 12.3 Å². The molecule has 1 aromatic carbocycles. The molecule has 1 aromatic rings. The number of benzene rings is 1. The molecule has 20 heavy (non-hydrogen) atoms. The van der Waals surface area contributed by atoms with Crippen LogP contribution in [0.2, 0.25) is 0 Å². The van der Waals surface area contributed by atoms with Gasteiger partial charge in [0.25, 0.3) is 0 Å².